The molecular formula is C34H40O13. The van der Waals surface area contributed by atoms with E-state index in [4.69, 9.17) is 23.7 Å². The van der Waals surface area contributed by atoms with Crippen LogP contribution < -0.4 is 0 Å². The summed E-state index contributed by atoms with van der Waals surface area (Å²) < 4.78 is 29.2. The number of esters is 1. The van der Waals surface area contributed by atoms with Crippen molar-refractivity contribution in [3.63, 3.8) is 0 Å². The molecular weight excluding hydrogens is 616 g/mol. The SMILES string of the molecule is CC[C@@]1(O)C[C@H](O[C@H]2C[C@H](O)[C@H](O[C@H]3CC[C@H](O)[C@H](C)O3)[C@H](C)O2)c2c(cc3c(c2O)C(=O)c2c(O)cccc2C3=O)[C@H]1C(=O)OC. The third kappa shape index (κ3) is 5.63. The van der Waals surface area contributed by atoms with E-state index in [1.807, 2.05) is 0 Å². The number of ether oxygens (including phenoxy) is 5. The summed E-state index contributed by atoms with van der Waals surface area (Å²) in [5.41, 5.74) is -2.59. The van der Waals surface area contributed by atoms with Gasteiger partial charge in [-0.3, -0.25) is 14.4 Å². The molecule has 5 N–H and O–H groups in total. The third-order valence-electron chi connectivity index (χ3n) is 9.99. The topological polar surface area (TPSA) is 199 Å². The lowest BCUT2D eigenvalue weighted by atomic mass is 9.67. The minimum Gasteiger partial charge on any atom is -0.507 e. The van der Waals surface area contributed by atoms with Crippen molar-refractivity contribution < 1.29 is 63.6 Å². The van der Waals surface area contributed by atoms with E-state index in [0.29, 0.717) is 12.8 Å². The van der Waals surface area contributed by atoms with Crippen LogP contribution in [0.2, 0.25) is 0 Å². The molecule has 6 rings (SSSR count). The number of hydrogen-bond donors (Lipinski definition) is 5. The van der Waals surface area contributed by atoms with Gasteiger partial charge in [-0.1, -0.05) is 19.1 Å². The highest BCUT2D eigenvalue weighted by Gasteiger charge is 2.53. The quantitative estimate of drug-likeness (QED) is 0.243. The predicted octanol–water partition coefficient (Wildman–Crippen LogP) is 2.50. The number of phenolic OH excluding ortho intramolecular Hbond substituents is 2. The highest BCUT2D eigenvalue weighted by Crippen LogP contribution is 2.54. The molecule has 0 unspecified atom stereocenters. The lowest BCUT2D eigenvalue weighted by Crippen LogP contribution is -2.52. The average Bonchev–Trinajstić information content (AvgIpc) is 3.02. The number of methoxy groups -OCH3 is 1. The molecule has 13 heteroatoms. The fourth-order valence-corrected chi connectivity index (χ4v) is 7.39. The molecule has 2 heterocycles. The van der Waals surface area contributed by atoms with Crippen molar-refractivity contribution in [3.05, 3.63) is 57.6 Å². The molecule has 2 aromatic carbocycles. The van der Waals surface area contributed by atoms with Crippen LogP contribution in [0.15, 0.2) is 24.3 Å². The molecule has 254 valence electrons. The number of ketones is 2. The van der Waals surface area contributed by atoms with Gasteiger partial charge < -0.3 is 49.2 Å². The smallest absolute Gasteiger partial charge is 0.316 e. The standard InChI is InChI=1S/C34H40O13/c1-5-34(42)13-22(46-24-12-21(37)32(15(3)45-24)47-23-10-9-19(35)14(2)44-23)26-17(28(34)33(41)43-4)11-18-27(31(26)40)30(39)25-16(29(18)38)7-6-8-20(25)36/h6-8,11,14-15,19,21-24,28,32,35-37,40,42H,5,9-10,12-13H2,1-4H3/t14-,15-,19-,21-,22-,23-,24-,28-,32+,34+/m0/s1. The van der Waals surface area contributed by atoms with Crippen LogP contribution in [0.25, 0.3) is 0 Å². The molecule has 2 aliphatic heterocycles. The number of aliphatic hydroxyl groups excluding tert-OH is 2. The third-order valence-corrected chi connectivity index (χ3v) is 9.99. The number of fused-ring (bicyclic) bond motifs is 3. The minimum atomic E-state index is -1.76. The van der Waals surface area contributed by atoms with Gasteiger partial charge >= 0.3 is 5.97 Å². The van der Waals surface area contributed by atoms with Gasteiger partial charge in [-0.25, -0.2) is 0 Å². The van der Waals surface area contributed by atoms with Gasteiger partial charge in [0.2, 0.25) is 5.78 Å². The average molecular weight is 657 g/mol. The van der Waals surface area contributed by atoms with Gasteiger partial charge in [0.1, 0.15) is 23.5 Å². The Bertz CT molecular complexity index is 1580. The Hall–Kier alpha value is -3.43. The van der Waals surface area contributed by atoms with E-state index in [1.165, 1.54) is 24.3 Å². The molecule has 2 aliphatic carbocycles. The monoisotopic (exact) mass is 656 g/mol. The maximum atomic E-state index is 13.7. The van der Waals surface area contributed by atoms with Gasteiger partial charge in [0.15, 0.2) is 18.4 Å². The van der Waals surface area contributed by atoms with Crippen molar-refractivity contribution in [1.82, 2.24) is 0 Å². The summed E-state index contributed by atoms with van der Waals surface area (Å²) in [4.78, 5) is 40.5. The molecule has 0 amide bonds. The van der Waals surface area contributed by atoms with E-state index in [-0.39, 0.29) is 52.6 Å². The molecule has 0 spiro atoms. The zero-order valence-corrected chi connectivity index (χ0v) is 26.5. The molecule has 13 nitrogen and oxygen atoms in total. The van der Waals surface area contributed by atoms with Crippen LogP contribution in [-0.2, 0) is 28.5 Å². The lowest BCUT2D eigenvalue weighted by molar-refractivity contribution is -0.310. The van der Waals surface area contributed by atoms with Crippen LogP contribution in [0.3, 0.4) is 0 Å². The van der Waals surface area contributed by atoms with E-state index in [0.717, 1.165) is 7.11 Å². The van der Waals surface area contributed by atoms with Gasteiger partial charge in [-0.2, -0.15) is 0 Å². The Morgan fingerprint density at radius 3 is 2.34 bits per heavy atom. The fraction of sp³-hybridized carbons (Fsp3) is 0.559. The highest BCUT2D eigenvalue weighted by atomic mass is 16.7. The number of carbonyl (C=O) groups is 3. The van der Waals surface area contributed by atoms with Gasteiger partial charge in [0, 0.05) is 36.0 Å². The number of carbonyl (C=O) groups excluding carboxylic acids is 3. The Morgan fingerprint density at radius 2 is 1.68 bits per heavy atom. The van der Waals surface area contributed by atoms with Gasteiger partial charge in [0.05, 0.1) is 54.4 Å². The molecule has 0 bridgehead atoms. The van der Waals surface area contributed by atoms with Crippen LogP contribution in [0.1, 0.15) is 108 Å². The minimum absolute atomic E-state index is 0.00966. The molecule has 0 saturated carbocycles. The van der Waals surface area contributed by atoms with Crippen molar-refractivity contribution in [2.24, 2.45) is 0 Å². The predicted molar refractivity (Wildman–Crippen MR) is 161 cm³/mol. The Morgan fingerprint density at radius 1 is 0.957 bits per heavy atom. The largest absolute Gasteiger partial charge is 0.507 e. The van der Waals surface area contributed by atoms with Gasteiger partial charge in [0.25, 0.3) is 0 Å². The molecule has 10 atom stereocenters. The van der Waals surface area contributed by atoms with Crippen LogP contribution in [0.5, 0.6) is 11.5 Å². The zero-order chi connectivity index (χ0) is 33.9. The van der Waals surface area contributed by atoms with Crippen molar-refractivity contribution in [1.29, 1.82) is 0 Å². The Labute approximate surface area is 271 Å². The number of benzene rings is 2. The second-order valence-electron chi connectivity index (χ2n) is 12.8. The van der Waals surface area contributed by atoms with E-state index >= 15 is 0 Å². The van der Waals surface area contributed by atoms with Crippen LogP contribution in [-0.4, -0.2) is 98.9 Å². The van der Waals surface area contributed by atoms with Crippen LogP contribution in [0.4, 0.5) is 0 Å². The second-order valence-corrected chi connectivity index (χ2v) is 12.8. The summed E-state index contributed by atoms with van der Waals surface area (Å²) in [7, 11) is 1.16. The van der Waals surface area contributed by atoms with Crippen LogP contribution >= 0.6 is 0 Å². The summed E-state index contributed by atoms with van der Waals surface area (Å²) in [6.07, 6.45) is -5.79. The van der Waals surface area contributed by atoms with E-state index in [2.05, 4.69) is 0 Å². The summed E-state index contributed by atoms with van der Waals surface area (Å²) in [6.45, 7) is 5.10. The molecule has 2 saturated heterocycles. The first-order chi connectivity index (χ1) is 22.3. The number of phenols is 2. The second kappa shape index (κ2) is 12.5. The molecule has 47 heavy (non-hydrogen) atoms. The van der Waals surface area contributed by atoms with Gasteiger partial charge in [-0.05, 0) is 44.4 Å². The molecule has 4 aliphatic rings. The van der Waals surface area contributed by atoms with Crippen molar-refractivity contribution in [2.75, 3.05) is 7.11 Å². The van der Waals surface area contributed by atoms with E-state index in [9.17, 15) is 39.9 Å². The normalized spacial score (nSPS) is 35.1. The van der Waals surface area contributed by atoms with Gasteiger partial charge in [-0.15, -0.1) is 0 Å². The summed E-state index contributed by atoms with van der Waals surface area (Å²) in [5.74, 6) is -4.65. The molecule has 0 radical (unpaired) electrons. The summed E-state index contributed by atoms with van der Waals surface area (Å²) in [5, 5.41) is 55.2. The number of hydrogen-bond acceptors (Lipinski definition) is 13. The number of aromatic hydroxyl groups is 2. The first kappa shape index (κ1) is 33.5. The number of rotatable bonds is 6. The zero-order valence-electron chi connectivity index (χ0n) is 26.5. The van der Waals surface area contributed by atoms with E-state index < -0.39 is 89.8 Å². The molecule has 0 aromatic heterocycles. The van der Waals surface area contributed by atoms with Crippen molar-refractivity contribution in [3.8, 4) is 11.5 Å². The Balaban J connectivity index is 1.35. The van der Waals surface area contributed by atoms with Crippen molar-refractivity contribution in [2.45, 2.75) is 114 Å². The lowest BCUT2D eigenvalue weighted by Gasteiger charge is -2.46. The number of aliphatic hydroxyl groups is 3. The highest BCUT2D eigenvalue weighted by molar-refractivity contribution is 6.30. The Kier molecular flexibility index (Phi) is 8.94. The summed E-state index contributed by atoms with van der Waals surface area (Å²) >= 11 is 0. The van der Waals surface area contributed by atoms with E-state index in [1.54, 1.807) is 20.8 Å². The molecule has 2 aromatic rings. The maximum absolute atomic E-state index is 13.7. The molecule has 2 fully saturated rings. The first-order valence-electron chi connectivity index (χ1n) is 15.9. The fourth-order valence-electron chi connectivity index (χ4n) is 7.39. The van der Waals surface area contributed by atoms with Crippen LogP contribution in [0, 0.1) is 0 Å². The summed E-state index contributed by atoms with van der Waals surface area (Å²) in [6, 6.07) is 5.37. The first-order valence-corrected chi connectivity index (χ1v) is 15.9. The van der Waals surface area contributed by atoms with Crippen molar-refractivity contribution >= 4 is 17.5 Å². The maximum Gasteiger partial charge on any atom is 0.316 e.